The van der Waals surface area contributed by atoms with Gasteiger partial charge >= 0.3 is 5.97 Å². The molecule has 0 aliphatic carbocycles. The third kappa shape index (κ3) is 7.45. The van der Waals surface area contributed by atoms with Gasteiger partial charge in [0.2, 0.25) is 6.36 Å². The van der Waals surface area contributed by atoms with Crippen LogP contribution in [0.3, 0.4) is 0 Å². The first-order valence-corrected chi connectivity index (χ1v) is 12.0. The van der Waals surface area contributed by atoms with Crippen molar-refractivity contribution in [1.82, 2.24) is 0 Å². The lowest BCUT2D eigenvalue weighted by molar-refractivity contribution is -0.297. The van der Waals surface area contributed by atoms with Gasteiger partial charge in [0.1, 0.15) is 31.0 Å². The summed E-state index contributed by atoms with van der Waals surface area (Å²) in [6.45, 7) is 1.80. The molecule has 1 fully saturated rings. The molecule has 4 rings (SSSR count). The minimum absolute atomic E-state index is 0.161. The van der Waals surface area contributed by atoms with Gasteiger partial charge in [0, 0.05) is 6.92 Å². The van der Waals surface area contributed by atoms with Crippen LogP contribution >= 0.6 is 0 Å². The molecule has 0 N–H and O–H groups in total. The molecule has 1 heterocycles. The van der Waals surface area contributed by atoms with Crippen molar-refractivity contribution in [3.63, 3.8) is 0 Å². The predicted octanol–water partition coefficient (Wildman–Crippen LogP) is 5.00. The highest BCUT2D eigenvalue weighted by atomic mass is 19.1. The molecule has 7 heteroatoms. The molecule has 3 aromatic carbocycles. The van der Waals surface area contributed by atoms with Crippen molar-refractivity contribution in [3.8, 4) is 0 Å². The summed E-state index contributed by atoms with van der Waals surface area (Å²) in [5.74, 6) is -0.486. The largest absolute Gasteiger partial charge is 0.463 e. The van der Waals surface area contributed by atoms with Gasteiger partial charge in [-0.3, -0.25) is 4.79 Å². The van der Waals surface area contributed by atoms with Crippen molar-refractivity contribution in [2.45, 2.75) is 57.5 Å². The number of benzene rings is 3. The Balaban J connectivity index is 1.57. The van der Waals surface area contributed by atoms with Crippen molar-refractivity contribution >= 4 is 5.97 Å². The molecule has 0 spiro atoms. The van der Waals surface area contributed by atoms with Crippen molar-refractivity contribution in [2.75, 3.05) is 6.61 Å². The summed E-state index contributed by atoms with van der Waals surface area (Å²) in [5, 5.41) is 0. The summed E-state index contributed by atoms with van der Waals surface area (Å²) in [6.07, 6.45) is -5.29. The maximum absolute atomic E-state index is 15.4. The molecular formula is C29H31FO6. The fraction of sp³-hybridized carbons (Fsp3) is 0.345. The minimum Gasteiger partial charge on any atom is -0.463 e. The Bertz CT molecular complexity index is 1050. The Morgan fingerprint density at radius 1 is 0.694 bits per heavy atom. The Morgan fingerprint density at radius 3 is 1.56 bits per heavy atom. The molecular weight excluding hydrogens is 463 g/mol. The van der Waals surface area contributed by atoms with Gasteiger partial charge in [-0.2, -0.15) is 0 Å². The number of hydrogen-bond donors (Lipinski definition) is 0. The van der Waals surface area contributed by atoms with E-state index in [4.69, 9.17) is 23.7 Å². The molecule has 1 aliphatic heterocycles. The van der Waals surface area contributed by atoms with E-state index in [9.17, 15) is 4.79 Å². The van der Waals surface area contributed by atoms with Crippen molar-refractivity contribution in [3.05, 3.63) is 108 Å². The monoisotopic (exact) mass is 494 g/mol. The number of halogens is 1. The van der Waals surface area contributed by atoms with Gasteiger partial charge in [0.25, 0.3) is 0 Å². The van der Waals surface area contributed by atoms with Gasteiger partial charge in [-0.05, 0) is 16.7 Å². The van der Waals surface area contributed by atoms with E-state index >= 15 is 4.39 Å². The molecule has 1 saturated heterocycles. The molecule has 0 bridgehead atoms. The molecule has 0 aromatic heterocycles. The smallest absolute Gasteiger partial charge is 0.302 e. The number of alkyl halides is 1. The summed E-state index contributed by atoms with van der Waals surface area (Å²) in [7, 11) is 0. The van der Waals surface area contributed by atoms with Gasteiger partial charge in [0.05, 0.1) is 19.8 Å². The number of carbonyl (C=O) groups is 1. The van der Waals surface area contributed by atoms with E-state index in [1.54, 1.807) is 0 Å². The zero-order valence-electron chi connectivity index (χ0n) is 20.2. The topological polar surface area (TPSA) is 63.2 Å². The summed E-state index contributed by atoms with van der Waals surface area (Å²) < 4.78 is 44.8. The van der Waals surface area contributed by atoms with Crippen LogP contribution in [0.25, 0.3) is 0 Å². The van der Waals surface area contributed by atoms with Gasteiger partial charge < -0.3 is 23.7 Å². The average Bonchev–Trinajstić information content (AvgIpc) is 2.91. The number of esters is 1. The lowest BCUT2D eigenvalue weighted by Gasteiger charge is -2.43. The summed E-state index contributed by atoms with van der Waals surface area (Å²) in [6, 6.07) is 28.7. The summed E-state index contributed by atoms with van der Waals surface area (Å²) in [5.41, 5.74) is 2.77. The van der Waals surface area contributed by atoms with Crippen LogP contribution in [0.1, 0.15) is 23.6 Å². The first-order valence-electron chi connectivity index (χ1n) is 12.0. The number of ether oxygens (including phenoxy) is 5. The standard InChI is InChI=1S/C29H31FO6/c1-21(31)32-20-25-26(33-17-22-11-5-2-6-12-22)27(34-18-23-13-7-3-8-14-23)28(29(30)36-25)35-19-24-15-9-4-10-16-24/h2-16,25-29H,17-20H2,1H3/t25-,26-,27+,28+,29+/m1/s1. The second kappa shape index (κ2) is 13.3. The van der Waals surface area contributed by atoms with Gasteiger partial charge in [-0.25, -0.2) is 4.39 Å². The van der Waals surface area contributed by atoms with E-state index in [1.807, 2.05) is 91.0 Å². The zero-order valence-corrected chi connectivity index (χ0v) is 20.2. The van der Waals surface area contributed by atoms with Crippen molar-refractivity contribution in [2.24, 2.45) is 0 Å². The Kier molecular flexibility index (Phi) is 9.58. The second-order valence-electron chi connectivity index (χ2n) is 8.61. The molecule has 0 saturated carbocycles. The Hall–Kier alpha value is -3.10. The molecule has 190 valence electrons. The SMILES string of the molecule is CC(=O)OC[C@H]1O[C@H](F)[C@@H](OCc2ccccc2)[C@@H](OCc2ccccc2)[C@@H]1OCc1ccccc1. The van der Waals surface area contributed by atoms with Crippen LogP contribution < -0.4 is 0 Å². The highest BCUT2D eigenvalue weighted by molar-refractivity contribution is 5.65. The number of rotatable bonds is 11. The van der Waals surface area contributed by atoms with Crippen LogP contribution in [0, 0.1) is 0 Å². The molecule has 0 amide bonds. The first kappa shape index (κ1) is 26.0. The van der Waals surface area contributed by atoms with E-state index < -0.39 is 36.7 Å². The van der Waals surface area contributed by atoms with Crippen LogP contribution in [0.2, 0.25) is 0 Å². The molecule has 36 heavy (non-hydrogen) atoms. The van der Waals surface area contributed by atoms with E-state index in [2.05, 4.69) is 0 Å². The predicted molar refractivity (Wildman–Crippen MR) is 131 cm³/mol. The second-order valence-corrected chi connectivity index (χ2v) is 8.61. The zero-order chi connectivity index (χ0) is 25.2. The van der Waals surface area contributed by atoms with E-state index in [0.29, 0.717) is 0 Å². The molecule has 3 aromatic rings. The van der Waals surface area contributed by atoms with Crippen LogP contribution in [0.4, 0.5) is 4.39 Å². The Morgan fingerprint density at radius 2 is 1.11 bits per heavy atom. The van der Waals surface area contributed by atoms with Gasteiger partial charge in [-0.1, -0.05) is 91.0 Å². The quantitative estimate of drug-likeness (QED) is 0.350. The highest BCUT2D eigenvalue weighted by Crippen LogP contribution is 2.31. The maximum atomic E-state index is 15.4. The van der Waals surface area contributed by atoms with Crippen molar-refractivity contribution < 1.29 is 32.9 Å². The average molecular weight is 495 g/mol. The van der Waals surface area contributed by atoms with Crippen LogP contribution in [0.15, 0.2) is 91.0 Å². The van der Waals surface area contributed by atoms with E-state index in [-0.39, 0.29) is 26.4 Å². The molecule has 6 nitrogen and oxygen atoms in total. The summed E-state index contributed by atoms with van der Waals surface area (Å²) >= 11 is 0. The van der Waals surface area contributed by atoms with E-state index in [1.165, 1.54) is 6.92 Å². The maximum Gasteiger partial charge on any atom is 0.302 e. The van der Waals surface area contributed by atoms with Crippen LogP contribution in [0.5, 0.6) is 0 Å². The molecule has 5 atom stereocenters. The molecule has 1 aliphatic rings. The molecule has 0 radical (unpaired) electrons. The normalized spacial score (nSPS) is 23.8. The van der Waals surface area contributed by atoms with Crippen LogP contribution in [-0.4, -0.2) is 43.3 Å². The number of hydrogen-bond acceptors (Lipinski definition) is 6. The Labute approximate surface area is 210 Å². The minimum atomic E-state index is -1.80. The third-order valence-electron chi connectivity index (χ3n) is 5.88. The fourth-order valence-corrected chi connectivity index (χ4v) is 4.07. The van der Waals surface area contributed by atoms with Gasteiger partial charge in [-0.15, -0.1) is 0 Å². The lowest BCUT2D eigenvalue weighted by Crippen LogP contribution is -2.60. The fourth-order valence-electron chi connectivity index (χ4n) is 4.07. The van der Waals surface area contributed by atoms with Crippen LogP contribution in [-0.2, 0) is 48.3 Å². The molecule has 0 unspecified atom stereocenters. The van der Waals surface area contributed by atoms with E-state index in [0.717, 1.165) is 16.7 Å². The first-order chi connectivity index (χ1) is 17.6. The third-order valence-corrected chi connectivity index (χ3v) is 5.88. The number of carbonyl (C=O) groups excluding carboxylic acids is 1. The summed E-state index contributed by atoms with van der Waals surface area (Å²) in [4.78, 5) is 11.5. The lowest BCUT2D eigenvalue weighted by atomic mass is 9.98. The van der Waals surface area contributed by atoms with Crippen molar-refractivity contribution in [1.29, 1.82) is 0 Å². The van der Waals surface area contributed by atoms with Gasteiger partial charge in [0.15, 0.2) is 0 Å². The highest BCUT2D eigenvalue weighted by Gasteiger charge is 2.49.